The highest BCUT2D eigenvalue weighted by Gasteiger charge is 2.15. The van der Waals surface area contributed by atoms with Crippen molar-refractivity contribution in [3.63, 3.8) is 0 Å². The number of unbranched alkanes of at least 4 members (excludes halogenated alkanes) is 2. The number of nitrogens with one attached hydrogen (secondary N) is 2. The second-order valence-electron chi connectivity index (χ2n) is 5.98. The molecule has 6 heteroatoms. The molecule has 3 aromatic rings. The van der Waals surface area contributed by atoms with Gasteiger partial charge in [-0.05, 0) is 30.7 Å². The van der Waals surface area contributed by atoms with E-state index in [4.69, 9.17) is 0 Å². The van der Waals surface area contributed by atoms with Gasteiger partial charge in [0, 0.05) is 6.54 Å². The summed E-state index contributed by atoms with van der Waals surface area (Å²) in [5.41, 5.74) is 1.52. The predicted octanol–water partition coefficient (Wildman–Crippen LogP) is 5.18. The summed E-state index contributed by atoms with van der Waals surface area (Å²) in [7, 11) is 0. The molecule has 0 aliphatic rings. The van der Waals surface area contributed by atoms with E-state index in [0.717, 1.165) is 31.5 Å². The molecule has 0 saturated heterocycles. The number of azo groups is 1. The average Bonchev–Trinajstić information content (AvgIpc) is 3.01. The Balaban J connectivity index is 1.93. The van der Waals surface area contributed by atoms with E-state index in [1.165, 1.54) is 4.68 Å². The summed E-state index contributed by atoms with van der Waals surface area (Å²) < 4.78 is 1.49. The zero-order chi connectivity index (χ0) is 18.2. The molecule has 26 heavy (non-hydrogen) atoms. The van der Waals surface area contributed by atoms with Crippen molar-refractivity contribution in [2.75, 3.05) is 11.9 Å². The lowest BCUT2D eigenvalue weighted by molar-refractivity contribution is 0.740. The molecular weight excluding hydrogens is 326 g/mol. The van der Waals surface area contributed by atoms with Crippen LogP contribution in [0.15, 0.2) is 75.7 Å². The van der Waals surface area contributed by atoms with Crippen LogP contribution in [0.1, 0.15) is 26.2 Å². The summed E-state index contributed by atoms with van der Waals surface area (Å²) in [6.45, 7) is 2.93. The molecule has 2 aromatic carbocycles. The molecule has 6 nitrogen and oxygen atoms in total. The van der Waals surface area contributed by atoms with Crippen LogP contribution in [-0.4, -0.2) is 16.3 Å². The Bertz CT molecular complexity index is 897. The van der Waals surface area contributed by atoms with Crippen LogP contribution in [0.25, 0.3) is 5.69 Å². The van der Waals surface area contributed by atoms with Gasteiger partial charge >= 0.3 is 5.56 Å². The number of para-hydroxylation sites is 1. The maximum atomic E-state index is 12.8. The first kappa shape index (κ1) is 17.7. The smallest absolute Gasteiger partial charge is 0.301 e. The zero-order valence-electron chi connectivity index (χ0n) is 14.9. The van der Waals surface area contributed by atoms with Gasteiger partial charge in [0.2, 0.25) is 0 Å². The number of aromatic amines is 1. The largest absolute Gasteiger partial charge is 0.369 e. The number of rotatable bonds is 8. The zero-order valence-corrected chi connectivity index (χ0v) is 14.9. The fraction of sp³-hybridized carbons (Fsp3) is 0.250. The van der Waals surface area contributed by atoms with Crippen molar-refractivity contribution < 1.29 is 0 Å². The summed E-state index contributed by atoms with van der Waals surface area (Å²) in [5, 5.41) is 14.8. The van der Waals surface area contributed by atoms with Gasteiger partial charge in [0.1, 0.15) is 0 Å². The Labute approximate surface area is 152 Å². The van der Waals surface area contributed by atoms with E-state index in [2.05, 4.69) is 27.6 Å². The number of H-pyrrole nitrogens is 1. The van der Waals surface area contributed by atoms with Crippen molar-refractivity contribution >= 4 is 17.2 Å². The van der Waals surface area contributed by atoms with Crippen molar-refractivity contribution in [1.82, 2.24) is 9.78 Å². The fourth-order valence-electron chi connectivity index (χ4n) is 2.59. The van der Waals surface area contributed by atoms with Crippen LogP contribution in [0.4, 0.5) is 17.2 Å². The van der Waals surface area contributed by atoms with Crippen LogP contribution in [0.5, 0.6) is 0 Å². The first-order valence-corrected chi connectivity index (χ1v) is 8.90. The fourth-order valence-corrected chi connectivity index (χ4v) is 2.59. The van der Waals surface area contributed by atoms with Gasteiger partial charge in [-0.2, -0.15) is 5.11 Å². The highest BCUT2D eigenvalue weighted by molar-refractivity contribution is 5.60. The quantitative estimate of drug-likeness (QED) is 0.434. The monoisotopic (exact) mass is 349 g/mol. The molecule has 0 amide bonds. The lowest BCUT2D eigenvalue weighted by Gasteiger charge is -2.04. The van der Waals surface area contributed by atoms with Crippen molar-refractivity contribution in [2.45, 2.75) is 26.2 Å². The maximum Gasteiger partial charge on any atom is 0.301 e. The first-order valence-electron chi connectivity index (χ1n) is 8.90. The van der Waals surface area contributed by atoms with Gasteiger partial charge < -0.3 is 5.32 Å². The van der Waals surface area contributed by atoms with Crippen molar-refractivity contribution in [3.05, 3.63) is 71.0 Å². The molecule has 0 aliphatic carbocycles. The van der Waals surface area contributed by atoms with E-state index in [-0.39, 0.29) is 11.2 Å². The minimum absolute atomic E-state index is 0.228. The van der Waals surface area contributed by atoms with Crippen LogP contribution < -0.4 is 10.9 Å². The molecule has 0 aliphatic heterocycles. The number of anilines is 1. The number of nitrogens with zero attached hydrogens (tertiary/aromatic N) is 3. The summed E-state index contributed by atoms with van der Waals surface area (Å²) in [6, 6.07) is 18.8. The van der Waals surface area contributed by atoms with E-state index in [9.17, 15) is 4.79 Å². The third-order valence-electron chi connectivity index (χ3n) is 3.98. The molecule has 134 valence electrons. The van der Waals surface area contributed by atoms with E-state index < -0.39 is 0 Å². The topological polar surface area (TPSA) is 74.5 Å². The normalized spacial score (nSPS) is 11.1. The van der Waals surface area contributed by atoms with E-state index >= 15 is 0 Å². The van der Waals surface area contributed by atoms with Crippen molar-refractivity contribution in [1.29, 1.82) is 0 Å². The minimum atomic E-state index is -0.228. The second kappa shape index (κ2) is 8.80. The number of benzene rings is 2. The Morgan fingerprint density at radius 2 is 1.65 bits per heavy atom. The predicted molar refractivity (Wildman–Crippen MR) is 105 cm³/mol. The first-order chi connectivity index (χ1) is 12.8. The molecule has 1 heterocycles. The van der Waals surface area contributed by atoms with Crippen molar-refractivity contribution in [2.24, 2.45) is 10.2 Å². The minimum Gasteiger partial charge on any atom is -0.369 e. The lowest BCUT2D eigenvalue weighted by atomic mass is 10.2. The third kappa shape index (κ3) is 4.27. The lowest BCUT2D eigenvalue weighted by Crippen LogP contribution is -2.13. The molecule has 3 rings (SSSR count). The Morgan fingerprint density at radius 3 is 2.35 bits per heavy atom. The average molecular weight is 349 g/mol. The molecule has 0 saturated carbocycles. The standard InChI is InChI=1S/C20H23N5O/c1-2-3-10-15-21-19-18(23-22-16-11-6-4-7-12-16)20(26)25(24-19)17-13-8-5-9-14-17/h4-9,11-14,21,24H,2-3,10,15H2,1H3. The molecule has 0 unspecified atom stereocenters. The Kier molecular flexibility index (Phi) is 5.98. The van der Waals surface area contributed by atoms with Gasteiger partial charge in [-0.1, -0.05) is 56.2 Å². The molecule has 0 bridgehead atoms. The number of hydrogen-bond acceptors (Lipinski definition) is 4. The molecule has 0 radical (unpaired) electrons. The van der Waals surface area contributed by atoms with E-state index in [1.807, 2.05) is 60.7 Å². The van der Waals surface area contributed by atoms with Crippen LogP contribution in [0.2, 0.25) is 0 Å². The maximum absolute atomic E-state index is 12.8. The van der Waals surface area contributed by atoms with E-state index in [1.54, 1.807) is 0 Å². The highest BCUT2D eigenvalue weighted by atomic mass is 16.1. The van der Waals surface area contributed by atoms with Gasteiger partial charge in [-0.25, -0.2) is 4.68 Å². The Hall–Kier alpha value is -3.15. The molecule has 0 spiro atoms. The number of aromatic nitrogens is 2. The van der Waals surface area contributed by atoms with Gasteiger partial charge in [-0.15, -0.1) is 5.11 Å². The van der Waals surface area contributed by atoms with Gasteiger partial charge in [0.25, 0.3) is 0 Å². The van der Waals surface area contributed by atoms with Gasteiger partial charge in [0.05, 0.1) is 11.4 Å². The van der Waals surface area contributed by atoms with Crippen LogP contribution in [-0.2, 0) is 0 Å². The Morgan fingerprint density at radius 1 is 0.962 bits per heavy atom. The third-order valence-corrected chi connectivity index (χ3v) is 3.98. The SMILES string of the molecule is CCCCCNc1[nH]n(-c2ccccc2)c(=O)c1N=Nc1ccccc1. The summed E-state index contributed by atoms with van der Waals surface area (Å²) >= 11 is 0. The molecule has 0 atom stereocenters. The molecule has 0 fully saturated rings. The number of hydrogen-bond donors (Lipinski definition) is 2. The molecular formula is C20H23N5O. The van der Waals surface area contributed by atoms with Crippen molar-refractivity contribution in [3.8, 4) is 5.69 Å². The van der Waals surface area contributed by atoms with Crippen LogP contribution in [0.3, 0.4) is 0 Å². The van der Waals surface area contributed by atoms with Gasteiger partial charge in [0.15, 0.2) is 11.5 Å². The van der Waals surface area contributed by atoms with E-state index in [0.29, 0.717) is 11.5 Å². The highest BCUT2D eigenvalue weighted by Crippen LogP contribution is 2.23. The van der Waals surface area contributed by atoms with Crippen LogP contribution in [0, 0.1) is 0 Å². The van der Waals surface area contributed by atoms with Crippen LogP contribution >= 0.6 is 0 Å². The molecule has 2 N–H and O–H groups in total. The molecule has 1 aromatic heterocycles. The second-order valence-corrected chi connectivity index (χ2v) is 5.98. The summed E-state index contributed by atoms with van der Waals surface area (Å²) in [6.07, 6.45) is 3.31. The summed E-state index contributed by atoms with van der Waals surface area (Å²) in [4.78, 5) is 12.8. The summed E-state index contributed by atoms with van der Waals surface area (Å²) in [5.74, 6) is 0.592. The van der Waals surface area contributed by atoms with Gasteiger partial charge in [-0.3, -0.25) is 9.89 Å².